The number of rotatable bonds is 3. The summed E-state index contributed by atoms with van der Waals surface area (Å²) in [6.07, 6.45) is 1.58. The van der Waals surface area contributed by atoms with Crippen LogP contribution in [0.5, 0.6) is 0 Å². The van der Waals surface area contributed by atoms with Crippen molar-refractivity contribution in [2.45, 2.75) is 38.4 Å². The van der Waals surface area contributed by atoms with Crippen molar-refractivity contribution < 1.29 is 14.9 Å². The molecule has 0 heterocycles. The van der Waals surface area contributed by atoms with Gasteiger partial charge in [-0.25, -0.2) is 0 Å². The summed E-state index contributed by atoms with van der Waals surface area (Å²) in [5.74, 6) is 0.133. The fraction of sp³-hybridized carbons (Fsp3) is 1.00. The predicted octanol–water partition coefficient (Wildman–Crippen LogP) is 0.545. The average Bonchev–Trinajstić information content (AvgIpc) is 2.08. The van der Waals surface area contributed by atoms with E-state index in [2.05, 4.69) is 0 Å². The Kier molecular flexibility index (Phi) is 3.98. The fourth-order valence-electron chi connectivity index (χ4n) is 1.70. The van der Waals surface area contributed by atoms with Crippen molar-refractivity contribution in [1.82, 2.24) is 0 Å². The maximum Gasteiger partial charge on any atom is 0.0849 e. The van der Waals surface area contributed by atoms with Gasteiger partial charge in [-0.1, -0.05) is 6.42 Å². The largest absolute Gasteiger partial charge is 0.390 e. The molecule has 0 bridgehead atoms. The lowest BCUT2D eigenvalue weighted by Gasteiger charge is -2.31. The molecule has 1 fully saturated rings. The first-order valence-corrected chi connectivity index (χ1v) is 4.69. The van der Waals surface area contributed by atoms with E-state index in [9.17, 15) is 10.2 Å². The zero-order chi connectivity index (χ0) is 8.97. The van der Waals surface area contributed by atoms with E-state index in [1.54, 1.807) is 0 Å². The molecule has 0 aromatic heterocycles. The minimum absolute atomic E-state index is 0.133. The quantitative estimate of drug-likeness (QED) is 0.656. The standard InChI is InChI=1S/C9H18O3/c1-2-12-6-7-4-3-5-8(10)9(7)11/h7-11H,2-6H2,1H3. The molecule has 3 atom stereocenters. The van der Waals surface area contributed by atoms with Crippen molar-refractivity contribution in [2.24, 2.45) is 5.92 Å². The highest BCUT2D eigenvalue weighted by molar-refractivity contribution is 4.81. The average molecular weight is 174 g/mol. The molecule has 1 aliphatic carbocycles. The molecule has 0 aromatic rings. The number of hydrogen-bond donors (Lipinski definition) is 2. The Morgan fingerprint density at radius 1 is 1.33 bits per heavy atom. The maximum absolute atomic E-state index is 9.53. The fourth-order valence-corrected chi connectivity index (χ4v) is 1.70. The summed E-state index contributed by atoms with van der Waals surface area (Å²) in [4.78, 5) is 0. The van der Waals surface area contributed by atoms with Gasteiger partial charge in [0.15, 0.2) is 0 Å². The Balaban J connectivity index is 2.30. The van der Waals surface area contributed by atoms with E-state index >= 15 is 0 Å². The lowest BCUT2D eigenvalue weighted by Crippen LogP contribution is -2.39. The van der Waals surface area contributed by atoms with Crippen LogP contribution in [0, 0.1) is 5.92 Å². The lowest BCUT2D eigenvalue weighted by molar-refractivity contribution is -0.0679. The van der Waals surface area contributed by atoms with E-state index in [1.165, 1.54) is 0 Å². The minimum atomic E-state index is -0.578. The van der Waals surface area contributed by atoms with E-state index in [0.29, 0.717) is 13.2 Å². The molecule has 3 heteroatoms. The Morgan fingerprint density at radius 2 is 2.08 bits per heavy atom. The van der Waals surface area contributed by atoms with Crippen molar-refractivity contribution in [3.05, 3.63) is 0 Å². The van der Waals surface area contributed by atoms with Crippen molar-refractivity contribution in [1.29, 1.82) is 0 Å². The molecule has 1 rings (SSSR count). The van der Waals surface area contributed by atoms with Crippen LogP contribution < -0.4 is 0 Å². The number of aliphatic hydroxyl groups excluding tert-OH is 2. The zero-order valence-electron chi connectivity index (χ0n) is 7.57. The summed E-state index contributed by atoms with van der Waals surface area (Å²) in [7, 11) is 0. The summed E-state index contributed by atoms with van der Waals surface area (Å²) < 4.78 is 5.22. The predicted molar refractivity (Wildman–Crippen MR) is 45.8 cm³/mol. The van der Waals surface area contributed by atoms with E-state index in [0.717, 1.165) is 19.3 Å². The maximum atomic E-state index is 9.53. The molecule has 2 N–H and O–H groups in total. The first-order valence-electron chi connectivity index (χ1n) is 4.69. The van der Waals surface area contributed by atoms with E-state index in [4.69, 9.17) is 4.74 Å². The molecule has 0 aliphatic heterocycles. The molecule has 72 valence electrons. The topological polar surface area (TPSA) is 49.7 Å². The van der Waals surface area contributed by atoms with E-state index in [1.807, 2.05) is 6.92 Å². The van der Waals surface area contributed by atoms with Crippen LogP contribution >= 0.6 is 0 Å². The molecular weight excluding hydrogens is 156 g/mol. The summed E-state index contributed by atoms with van der Waals surface area (Å²) >= 11 is 0. The molecule has 3 unspecified atom stereocenters. The molecule has 0 saturated heterocycles. The number of ether oxygens (including phenoxy) is 1. The van der Waals surface area contributed by atoms with Crippen LogP contribution in [-0.2, 0) is 4.74 Å². The van der Waals surface area contributed by atoms with Gasteiger partial charge in [-0.15, -0.1) is 0 Å². The monoisotopic (exact) mass is 174 g/mol. The van der Waals surface area contributed by atoms with Gasteiger partial charge >= 0.3 is 0 Å². The van der Waals surface area contributed by atoms with Crippen LogP contribution in [0.15, 0.2) is 0 Å². The van der Waals surface area contributed by atoms with Crippen LogP contribution in [0.4, 0.5) is 0 Å². The van der Waals surface area contributed by atoms with E-state index < -0.39 is 12.2 Å². The molecule has 0 aromatic carbocycles. The van der Waals surface area contributed by atoms with Gasteiger partial charge in [0.25, 0.3) is 0 Å². The summed E-state index contributed by atoms with van der Waals surface area (Å²) in [5.41, 5.74) is 0. The van der Waals surface area contributed by atoms with Crippen LogP contribution in [0.3, 0.4) is 0 Å². The Hall–Kier alpha value is -0.120. The Morgan fingerprint density at radius 3 is 2.75 bits per heavy atom. The highest BCUT2D eigenvalue weighted by Crippen LogP contribution is 2.24. The molecule has 12 heavy (non-hydrogen) atoms. The third-order valence-corrected chi connectivity index (χ3v) is 2.49. The normalized spacial score (nSPS) is 36.8. The molecule has 1 saturated carbocycles. The van der Waals surface area contributed by atoms with Gasteiger partial charge in [0.2, 0.25) is 0 Å². The number of hydrogen-bond acceptors (Lipinski definition) is 3. The molecule has 0 amide bonds. The Labute approximate surface area is 73.4 Å². The van der Waals surface area contributed by atoms with Crippen molar-refractivity contribution in [3.8, 4) is 0 Å². The molecular formula is C9H18O3. The Bertz CT molecular complexity index is 127. The minimum Gasteiger partial charge on any atom is -0.390 e. The van der Waals surface area contributed by atoms with Crippen LogP contribution in [-0.4, -0.2) is 35.6 Å². The van der Waals surface area contributed by atoms with Crippen LogP contribution in [0.1, 0.15) is 26.2 Å². The summed E-state index contributed by atoms with van der Waals surface area (Å²) in [6.45, 7) is 3.19. The first kappa shape index (κ1) is 9.96. The van der Waals surface area contributed by atoms with Crippen LogP contribution in [0.25, 0.3) is 0 Å². The SMILES string of the molecule is CCOCC1CCCC(O)C1O. The van der Waals surface area contributed by atoms with Crippen LogP contribution in [0.2, 0.25) is 0 Å². The van der Waals surface area contributed by atoms with Gasteiger partial charge in [0.05, 0.1) is 18.8 Å². The second-order valence-electron chi connectivity index (χ2n) is 3.41. The lowest BCUT2D eigenvalue weighted by atomic mass is 9.85. The molecule has 0 spiro atoms. The summed E-state index contributed by atoms with van der Waals surface area (Å²) in [5, 5.41) is 18.9. The molecule has 0 radical (unpaired) electrons. The highest BCUT2D eigenvalue weighted by Gasteiger charge is 2.30. The third-order valence-electron chi connectivity index (χ3n) is 2.49. The van der Waals surface area contributed by atoms with Crippen molar-refractivity contribution >= 4 is 0 Å². The third kappa shape index (κ3) is 2.44. The number of aliphatic hydroxyl groups is 2. The van der Waals surface area contributed by atoms with Crippen molar-refractivity contribution in [2.75, 3.05) is 13.2 Å². The zero-order valence-corrected chi connectivity index (χ0v) is 7.57. The van der Waals surface area contributed by atoms with Gasteiger partial charge in [0.1, 0.15) is 0 Å². The van der Waals surface area contributed by atoms with Gasteiger partial charge < -0.3 is 14.9 Å². The molecule has 1 aliphatic rings. The second kappa shape index (κ2) is 4.80. The molecule has 3 nitrogen and oxygen atoms in total. The second-order valence-corrected chi connectivity index (χ2v) is 3.41. The summed E-state index contributed by atoms with van der Waals surface area (Å²) in [6, 6.07) is 0. The first-order chi connectivity index (χ1) is 5.75. The smallest absolute Gasteiger partial charge is 0.0849 e. The van der Waals surface area contributed by atoms with Gasteiger partial charge in [-0.05, 0) is 19.8 Å². The van der Waals surface area contributed by atoms with Gasteiger partial charge in [0, 0.05) is 12.5 Å². The highest BCUT2D eigenvalue weighted by atomic mass is 16.5. The van der Waals surface area contributed by atoms with Gasteiger partial charge in [-0.3, -0.25) is 0 Å². The van der Waals surface area contributed by atoms with Gasteiger partial charge in [-0.2, -0.15) is 0 Å². The van der Waals surface area contributed by atoms with Crippen molar-refractivity contribution in [3.63, 3.8) is 0 Å². The van der Waals surface area contributed by atoms with E-state index in [-0.39, 0.29) is 5.92 Å².